The van der Waals surface area contributed by atoms with E-state index in [1.165, 1.54) is 12.3 Å². The van der Waals surface area contributed by atoms with Crippen LogP contribution in [0.25, 0.3) is 11.3 Å². The average Bonchev–Trinajstić information content (AvgIpc) is 2.58. The molecule has 0 fully saturated rings. The minimum atomic E-state index is -5.86. The zero-order chi connectivity index (χ0) is 22.6. The average molecular weight is 445 g/mol. The Morgan fingerprint density at radius 3 is 2.37 bits per heavy atom. The van der Waals surface area contributed by atoms with Crippen LogP contribution in [0.2, 0.25) is 0 Å². The number of aromatic nitrogens is 1. The van der Waals surface area contributed by atoms with Gasteiger partial charge in [-0.25, -0.2) is 4.79 Å². The molecular formula is C19H18F3NO6S. The number of rotatable bonds is 3. The molecule has 1 atom stereocenters. The van der Waals surface area contributed by atoms with E-state index in [9.17, 15) is 36.3 Å². The van der Waals surface area contributed by atoms with Gasteiger partial charge in [0.25, 0.3) is 0 Å². The van der Waals surface area contributed by atoms with Crippen molar-refractivity contribution in [1.82, 2.24) is 4.57 Å². The SMILES string of the molecule is CC(C)(C)C1Cc2ccc(OS(=O)(=O)C(F)(F)F)cc2-c2cc(=O)c(C(=O)O)cn21. The first-order chi connectivity index (χ1) is 13.6. The van der Waals surface area contributed by atoms with Gasteiger partial charge in [0.05, 0.1) is 5.69 Å². The summed E-state index contributed by atoms with van der Waals surface area (Å²) in [7, 11) is -5.86. The van der Waals surface area contributed by atoms with E-state index in [0.717, 1.165) is 18.2 Å². The Morgan fingerprint density at radius 2 is 1.83 bits per heavy atom. The van der Waals surface area contributed by atoms with Crippen molar-refractivity contribution in [2.45, 2.75) is 38.7 Å². The Morgan fingerprint density at radius 1 is 1.20 bits per heavy atom. The molecule has 2 aromatic rings. The van der Waals surface area contributed by atoms with Crippen molar-refractivity contribution in [3.05, 3.63) is 51.8 Å². The molecule has 30 heavy (non-hydrogen) atoms. The van der Waals surface area contributed by atoms with E-state index < -0.39 is 38.3 Å². The normalized spacial score (nSPS) is 16.5. The summed E-state index contributed by atoms with van der Waals surface area (Å²) in [6.45, 7) is 5.79. The van der Waals surface area contributed by atoms with Crippen LogP contribution in [-0.2, 0) is 16.5 Å². The predicted octanol–water partition coefficient (Wildman–Crippen LogP) is 3.59. The maximum absolute atomic E-state index is 12.6. The van der Waals surface area contributed by atoms with E-state index in [2.05, 4.69) is 4.18 Å². The maximum atomic E-state index is 12.6. The lowest BCUT2D eigenvalue weighted by atomic mass is 9.79. The van der Waals surface area contributed by atoms with Crippen molar-refractivity contribution < 1.29 is 35.7 Å². The fourth-order valence-electron chi connectivity index (χ4n) is 3.41. The molecule has 0 spiro atoms. The first-order valence-electron chi connectivity index (χ1n) is 8.75. The summed E-state index contributed by atoms with van der Waals surface area (Å²) in [6.07, 6.45) is 1.60. The Balaban J connectivity index is 2.21. The molecule has 0 radical (unpaired) electrons. The van der Waals surface area contributed by atoms with Crippen LogP contribution in [0.4, 0.5) is 13.2 Å². The number of nitrogens with zero attached hydrogens (tertiary/aromatic N) is 1. The molecule has 0 aliphatic carbocycles. The summed E-state index contributed by atoms with van der Waals surface area (Å²) in [6, 6.07) is 4.48. The van der Waals surface area contributed by atoms with Gasteiger partial charge in [0.1, 0.15) is 11.3 Å². The number of pyridine rings is 1. The lowest BCUT2D eigenvalue weighted by molar-refractivity contribution is -0.0500. The Bertz CT molecular complexity index is 1190. The van der Waals surface area contributed by atoms with Gasteiger partial charge in [-0.1, -0.05) is 26.8 Å². The Kier molecular flexibility index (Phi) is 5.00. The smallest absolute Gasteiger partial charge is 0.477 e. The molecule has 162 valence electrons. The molecule has 1 aromatic carbocycles. The van der Waals surface area contributed by atoms with Gasteiger partial charge < -0.3 is 13.9 Å². The third-order valence-corrected chi connectivity index (χ3v) is 5.88. The van der Waals surface area contributed by atoms with Crippen LogP contribution in [-0.4, -0.2) is 29.6 Å². The van der Waals surface area contributed by atoms with E-state index in [4.69, 9.17) is 0 Å². The molecule has 1 N–H and O–H groups in total. The molecule has 1 aliphatic heterocycles. The molecule has 11 heteroatoms. The van der Waals surface area contributed by atoms with E-state index in [0.29, 0.717) is 17.5 Å². The second-order valence-electron chi connectivity index (χ2n) is 8.04. The third-order valence-electron chi connectivity index (χ3n) is 4.91. The van der Waals surface area contributed by atoms with Crippen molar-refractivity contribution in [1.29, 1.82) is 0 Å². The highest BCUT2D eigenvalue weighted by molar-refractivity contribution is 7.88. The van der Waals surface area contributed by atoms with Crippen molar-refractivity contribution in [2.75, 3.05) is 0 Å². The highest BCUT2D eigenvalue weighted by atomic mass is 32.2. The highest BCUT2D eigenvalue weighted by Crippen LogP contribution is 2.43. The second-order valence-corrected chi connectivity index (χ2v) is 9.57. The standard InChI is InChI=1S/C19H18F3NO6S/c1-18(2,3)16-6-10-4-5-11(29-30(27,28)19(20,21)22)7-12(10)14-8-15(24)13(17(25)26)9-23(14)16/h4-5,7-9,16H,6H2,1-3H3,(H,25,26). The van der Waals surface area contributed by atoms with Crippen LogP contribution in [0, 0.1) is 5.41 Å². The van der Waals surface area contributed by atoms with Gasteiger partial charge in [0.15, 0.2) is 5.43 Å². The number of fused-ring (bicyclic) bond motifs is 3. The monoisotopic (exact) mass is 445 g/mol. The topological polar surface area (TPSA) is 103 Å². The quantitative estimate of drug-likeness (QED) is 0.572. The molecule has 0 bridgehead atoms. The summed E-state index contributed by atoms with van der Waals surface area (Å²) in [4.78, 5) is 23.7. The van der Waals surface area contributed by atoms with Gasteiger partial charge in [0, 0.05) is 23.9 Å². The second kappa shape index (κ2) is 6.86. The number of carboxylic acids is 1. The van der Waals surface area contributed by atoms with Gasteiger partial charge in [-0.15, -0.1) is 0 Å². The molecule has 1 aromatic heterocycles. The van der Waals surface area contributed by atoms with Crippen molar-refractivity contribution in [2.24, 2.45) is 5.41 Å². The molecule has 0 saturated heterocycles. The molecule has 3 rings (SSSR count). The van der Waals surface area contributed by atoms with E-state index >= 15 is 0 Å². The summed E-state index contributed by atoms with van der Waals surface area (Å²) < 4.78 is 66.4. The van der Waals surface area contributed by atoms with Crippen LogP contribution < -0.4 is 9.61 Å². The van der Waals surface area contributed by atoms with E-state index in [-0.39, 0.29) is 17.2 Å². The zero-order valence-corrected chi connectivity index (χ0v) is 17.0. The van der Waals surface area contributed by atoms with Crippen LogP contribution in [0.5, 0.6) is 5.75 Å². The number of halogens is 3. The number of benzene rings is 1. The first kappa shape index (κ1) is 21.9. The van der Waals surface area contributed by atoms with E-state index in [1.54, 1.807) is 4.57 Å². The molecule has 1 aliphatic rings. The summed E-state index contributed by atoms with van der Waals surface area (Å²) in [5, 5.41) is 9.29. The fourth-order valence-corrected chi connectivity index (χ4v) is 3.86. The first-order valence-corrected chi connectivity index (χ1v) is 10.2. The molecular weight excluding hydrogens is 427 g/mol. The number of carbonyl (C=O) groups is 1. The lowest BCUT2D eigenvalue weighted by Gasteiger charge is -2.39. The largest absolute Gasteiger partial charge is 0.534 e. The van der Waals surface area contributed by atoms with Crippen LogP contribution >= 0.6 is 0 Å². The minimum Gasteiger partial charge on any atom is -0.477 e. The highest BCUT2D eigenvalue weighted by Gasteiger charge is 2.48. The Labute approximate surface area is 169 Å². The van der Waals surface area contributed by atoms with Gasteiger partial charge in [-0.2, -0.15) is 21.6 Å². The van der Waals surface area contributed by atoms with Gasteiger partial charge in [0.2, 0.25) is 0 Å². The molecule has 0 saturated carbocycles. The maximum Gasteiger partial charge on any atom is 0.534 e. The lowest BCUT2D eigenvalue weighted by Crippen LogP contribution is -2.33. The summed E-state index contributed by atoms with van der Waals surface area (Å²) >= 11 is 0. The minimum absolute atomic E-state index is 0.260. The number of carboxylic acid groups (broad SMARTS) is 1. The van der Waals surface area contributed by atoms with Gasteiger partial charge in [-0.3, -0.25) is 4.79 Å². The number of hydrogen-bond acceptors (Lipinski definition) is 5. The van der Waals surface area contributed by atoms with Crippen molar-refractivity contribution in [3.63, 3.8) is 0 Å². The molecule has 1 unspecified atom stereocenters. The zero-order valence-electron chi connectivity index (χ0n) is 16.1. The number of alkyl halides is 3. The van der Waals surface area contributed by atoms with Gasteiger partial charge in [-0.05, 0) is 29.5 Å². The van der Waals surface area contributed by atoms with E-state index in [1.807, 2.05) is 20.8 Å². The number of aromatic carboxylic acids is 1. The fraction of sp³-hybridized carbons (Fsp3) is 0.368. The van der Waals surface area contributed by atoms with Crippen molar-refractivity contribution in [3.8, 4) is 17.0 Å². The summed E-state index contributed by atoms with van der Waals surface area (Å²) in [5.41, 5.74) is -5.95. The van der Waals surface area contributed by atoms with Crippen LogP contribution in [0.1, 0.15) is 42.7 Å². The van der Waals surface area contributed by atoms with Crippen LogP contribution in [0.3, 0.4) is 0 Å². The molecule has 0 amide bonds. The molecule has 2 heterocycles. The predicted molar refractivity (Wildman–Crippen MR) is 101 cm³/mol. The summed E-state index contributed by atoms with van der Waals surface area (Å²) in [5.74, 6) is -1.97. The van der Waals surface area contributed by atoms with Crippen molar-refractivity contribution >= 4 is 16.1 Å². The third kappa shape index (κ3) is 3.81. The van der Waals surface area contributed by atoms with Crippen LogP contribution in [0.15, 0.2) is 35.3 Å². The Hall–Kier alpha value is -2.82. The molecule has 7 nitrogen and oxygen atoms in total. The van der Waals surface area contributed by atoms with Gasteiger partial charge >= 0.3 is 21.6 Å². The number of hydrogen-bond donors (Lipinski definition) is 1.